The Kier molecular flexibility index (Phi) is 18.8. The summed E-state index contributed by atoms with van der Waals surface area (Å²) < 4.78 is 49.5. The fraction of sp³-hybridized carbons (Fsp3) is 0.242. The number of fused-ring (bicyclic) bond motifs is 2. The molecule has 2 aromatic heterocycles. The molecule has 2 heterocycles. The zero-order valence-electron chi connectivity index (χ0n) is 43.8. The van der Waals surface area contributed by atoms with E-state index in [1.807, 2.05) is 61.5 Å². The van der Waals surface area contributed by atoms with Crippen LogP contribution in [0.5, 0.6) is 34.5 Å². The second-order valence-corrected chi connectivity index (χ2v) is 18.8. The fourth-order valence-corrected chi connectivity index (χ4v) is 9.11. The number of Topliss-reactive ketones (excluding diaryl/α,β-unsaturated/α-hetero) is 4. The van der Waals surface area contributed by atoms with E-state index in [1.165, 1.54) is 38.4 Å². The minimum absolute atomic E-state index is 0. The molecule has 2 fully saturated rings. The number of halogens is 3. The van der Waals surface area contributed by atoms with Crippen molar-refractivity contribution in [3.05, 3.63) is 191 Å². The van der Waals surface area contributed by atoms with Crippen LogP contribution in [-0.4, -0.2) is 67.7 Å². The Morgan fingerprint density at radius 1 is 0.526 bits per heavy atom. The van der Waals surface area contributed by atoms with Gasteiger partial charge in [0, 0.05) is 60.5 Å². The lowest BCUT2D eigenvalue weighted by Crippen LogP contribution is -2.28. The molecule has 13 nitrogen and oxygen atoms in total. The summed E-state index contributed by atoms with van der Waals surface area (Å²) in [5.74, 6) is 2.81. The molecule has 2 aliphatic rings. The normalized spacial score (nSPS) is 13.4. The first-order valence-electron chi connectivity index (χ1n) is 25.0. The van der Waals surface area contributed by atoms with Gasteiger partial charge in [0.05, 0.1) is 42.3 Å². The van der Waals surface area contributed by atoms with Crippen molar-refractivity contribution >= 4 is 63.6 Å². The van der Waals surface area contributed by atoms with Gasteiger partial charge in [0.1, 0.15) is 53.2 Å². The Balaban J connectivity index is 0.000000217. The molecule has 6 aromatic carbocycles. The second-order valence-electron chi connectivity index (χ2n) is 18.8. The lowest BCUT2D eigenvalue weighted by Gasteiger charge is -2.14. The third-order valence-corrected chi connectivity index (χ3v) is 13.8. The molecular weight excluding hydrogens is 1020 g/mol. The van der Waals surface area contributed by atoms with Crippen LogP contribution in [-0.2, 0) is 49.7 Å². The number of rotatable bonds is 20. The van der Waals surface area contributed by atoms with Crippen LogP contribution >= 0.6 is 12.4 Å². The lowest BCUT2D eigenvalue weighted by molar-refractivity contribution is -0.135. The topological polar surface area (TPSA) is 179 Å². The van der Waals surface area contributed by atoms with Crippen LogP contribution in [0.1, 0.15) is 59.1 Å². The summed E-state index contributed by atoms with van der Waals surface area (Å²) in [6, 6.07) is 37.4. The van der Waals surface area contributed by atoms with Gasteiger partial charge in [0.2, 0.25) is 0 Å². The maximum Gasteiger partial charge on any atom is 0.150 e. The first kappa shape index (κ1) is 57.3. The Hall–Kier alpha value is -8.40. The molecule has 0 amide bonds. The zero-order valence-corrected chi connectivity index (χ0v) is 44.7. The highest BCUT2D eigenvalue weighted by Gasteiger charge is 2.55. The SMILES string of the molecule is CN.CO/N=C/c1cc2c(Oc3ccc(CC(=O)C4(C(=O)Cc5ccc(F)cc5)CC4)cc3)ccnc2cc1OC.COc1cc2c(Oc3ccc(CC(=O)C4(C(=O)Cc5ccc(F)cc5)CC4)cc3)ccnc2cc1C.Cl. The summed E-state index contributed by atoms with van der Waals surface area (Å²) >= 11 is 0. The van der Waals surface area contributed by atoms with Crippen molar-refractivity contribution in [3.8, 4) is 34.5 Å². The minimum Gasteiger partial charge on any atom is -0.496 e. The molecule has 78 heavy (non-hydrogen) atoms. The summed E-state index contributed by atoms with van der Waals surface area (Å²) in [7, 11) is 6.17. The van der Waals surface area contributed by atoms with Crippen LogP contribution in [0.3, 0.4) is 0 Å². The van der Waals surface area contributed by atoms with Crippen LogP contribution in [0.4, 0.5) is 8.78 Å². The van der Waals surface area contributed by atoms with Gasteiger partial charge in [-0.2, -0.15) is 0 Å². The maximum absolute atomic E-state index is 13.2. The molecular formula is C62H59ClF2N4O9. The summed E-state index contributed by atoms with van der Waals surface area (Å²) in [6.45, 7) is 1.97. The molecule has 10 rings (SSSR count). The highest BCUT2D eigenvalue weighted by Crippen LogP contribution is 2.50. The first-order valence-corrected chi connectivity index (χ1v) is 25.0. The number of aryl methyl sites for hydroxylation is 1. The van der Waals surface area contributed by atoms with Gasteiger partial charge in [-0.05, 0) is 146 Å². The monoisotopic (exact) mass is 1080 g/mol. The van der Waals surface area contributed by atoms with E-state index in [9.17, 15) is 28.0 Å². The molecule has 0 radical (unpaired) electrons. The van der Waals surface area contributed by atoms with E-state index < -0.39 is 10.8 Å². The highest BCUT2D eigenvalue weighted by atomic mass is 35.5. The molecule has 16 heteroatoms. The van der Waals surface area contributed by atoms with E-state index in [0.29, 0.717) is 71.1 Å². The number of carbonyl (C=O) groups is 4. The molecule has 0 unspecified atom stereocenters. The number of ether oxygens (including phenoxy) is 4. The van der Waals surface area contributed by atoms with Gasteiger partial charge >= 0.3 is 0 Å². The largest absolute Gasteiger partial charge is 0.496 e. The van der Waals surface area contributed by atoms with E-state index >= 15 is 0 Å². The number of nitrogens with zero attached hydrogens (tertiary/aromatic N) is 3. The average Bonchev–Trinajstić information content (AvgIpc) is 4.48. The quantitative estimate of drug-likeness (QED) is 0.0434. The van der Waals surface area contributed by atoms with Crippen molar-refractivity contribution < 1.29 is 51.7 Å². The molecule has 0 bridgehead atoms. The number of nitrogens with two attached hydrogens (primary N) is 1. The molecule has 402 valence electrons. The van der Waals surface area contributed by atoms with Crippen molar-refractivity contribution in [2.45, 2.75) is 58.3 Å². The number of hydrogen-bond donors (Lipinski definition) is 1. The van der Waals surface area contributed by atoms with Crippen LogP contribution in [0.25, 0.3) is 21.8 Å². The van der Waals surface area contributed by atoms with Gasteiger partial charge < -0.3 is 29.5 Å². The van der Waals surface area contributed by atoms with Crippen LogP contribution in [0, 0.1) is 29.4 Å². The van der Waals surface area contributed by atoms with Gasteiger partial charge in [-0.3, -0.25) is 29.1 Å². The fourth-order valence-electron chi connectivity index (χ4n) is 9.11. The van der Waals surface area contributed by atoms with Crippen molar-refractivity contribution in [3.63, 3.8) is 0 Å². The van der Waals surface area contributed by atoms with E-state index in [4.69, 9.17) is 23.8 Å². The van der Waals surface area contributed by atoms with Crippen LogP contribution in [0.15, 0.2) is 151 Å². The van der Waals surface area contributed by atoms with Crippen LogP contribution < -0.4 is 24.7 Å². The Bertz CT molecular complexity index is 3460. The Labute approximate surface area is 457 Å². The number of carbonyl (C=O) groups excluding carboxylic acids is 4. The van der Waals surface area contributed by atoms with E-state index in [1.54, 1.807) is 87.4 Å². The number of pyridine rings is 2. The van der Waals surface area contributed by atoms with Crippen LogP contribution in [0.2, 0.25) is 0 Å². The first-order chi connectivity index (χ1) is 37.3. The second kappa shape index (κ2) is 25.6. The van der Waals surface area contributed by atoms with Crippen molar-refractivity contribution in [1.82, 2.24) is 9.97 Å². The summed E-state index contributed by atoms with van der Waals surface area (Å²) in [6.07, 6.45) is 7.80. The molecule has 2 aliphatic carbocycles. The molecule has 0 saturated heterocycles. The van der Waals surface area contributed by atoms with E-state index in [0.717, 1.165) is 44.3 Å². The molecule has 2 saturated carbocycles. The Morgan fingerprint density at radius 2 is 0.897 bits per heavy atom. The lowest BCUT2D eigenvalue weighted by atomic mass is 9.88. The molecule has 0 atom stereocenters. The maximum atomic E-state index is 13.2. The minimum atomic E-state index is -0.926. The summed E-state index contributed by atoms with van der Waals surface area (Å²) in [5, 5.41) is 5.44. The molecule has 0 spiro atoms. The Morgan fingerprint density at radius 3 is 1.27 bits per heavy atom. The average molecular weight is 1080 g/mol. The van der Waals surface area contributed by atoms with Gasteiger partial charge in [-0.25, -0.2) is 8.78 Å². The number of aromatic nitrogens is 2. The number of oxime groups is 1. The smallest absolute Gasteiger partial charge is 0.150 e. The van der Waals surface area contributed by atoms with E-state index in [-0.39, 0.29) is 72.9 Å². The predicted octanol–water partition coefficient (Wildman–Crippen LogP) is 12.0. The van der Waals surface area contributed by atoms with Crippen molar-refractivity contribution in [1.29, 1.82) is 0 Å². The van der Waals surface area contributed by atoms with Gasteiger partial charge in [-0.15, -0.1) is 12.4 Å². The van der Waals surface area contributed by atoms with Gasteiger partial charge in [0.25, 0.3) is 0 Å². The highest BCUT2D eigenvalue weighted by molar-refractivity contribution is 6.11. The third-order valence-electron chi connectivity index (χ3n) is 13.8. The third kappa shape index (κ3) is 13.4. The molecule has 8 aromatic rings. The van der Waals surface area contributed by atoms with Gasteiger partial charge in [-0.1, -0.05) is 53.7 Å². The number of benzene rings is 6. The number of methoxy groups -OCH3 is 2. The van der Waals surface area contributed by atoms with E-state index in [2.05, 4.69) is 20.9 Å². The standard InChI is InChI=1S/C31H27FN2O5.C30H26FNO4.CH5N.ClH/c1-37-28-18-26-25(17-22(28)19-34-38-2)27(11-14-33-26)39-24-9-5-21(6-10-24)16-30(36)31(12-13-31)29(35)15-20-3-7-23(32)8-4-20;1-19-15-25-24(18-27(19)35-2)26(11-14-32-25)36-23-9-5-21(6-10-23)17-29(34)30(12-13-30)28(33)16-20-3-7-22(31)8-4-20;1-2;/h3-11,14,17-19H,12-13,15-16H2,1-2H3;3-11,14-15,18H,12-13,16-17H2,1-2H3;2H2,1H3;1H/b34-19+;;;. The molecule has 0 aliphatic heterocycles. The predicted molar refractivity (Wildman–Crippen MR) is 297 cm³/mol. The molecule has 2 N–H and O–H groups in total. The van der Waals surface area contributed by atoms with Crippen molar-refractivity contribution in [2.75, 3.05) is 28.4 Å². The van der Waals surface area contributed by atoms with Gasteiger partial charge in [0.15, 0.2) is 23.1 Å². The zero-order chi connectivity index (χ0) is 54.7. The number of hydrogen-bond acceptors (Lipinski definition) is 13. The van der Waals surface area contributed by atoms with Crippen molar-refractivity contribution in [2.24, 2.45) is 21.7 Å². The summed E-state index contributed by atoms with van der Waals surface area (Å²) in [4.78, 5) is 65.7. The number of ketones is 4. The summed E-state index contributed by atoms with van der Waals surface area (Å²) in [5.41, 5.74) is 8.94.